The number of nitrogens with one attached hydrogen (secondary N) is 1. The average Bonchev–Trinajstić information content (AvgIpc) is 2.69. The van der Waals surface area contributed by atoms with E-state index in [9.17, 15) is 14.4 Å². The molecule has 1 heterocycles. The summed E-state index contributed by atoms with van der Waals surface area (Å²) in [5.74, 6) is -1.34. The number of nitrogens with zero attached hydrogens (tertiary/aromatic N) is 1. The van der Waals surface area contributed by atoms with Gasteiger partial charge in [-0.15, -0.1) is 0 Å². The number of hydrogen-bond donors (Lipinski definition) is 2. The smallest absolute Gasteiger partial charge is 0.335 e. The van der Waals surface area contributed by atoms with Gasteiger partial charge in [-0.2, -0.15) is 0 Å². The molecule has 2 aromatic carbocycles. The summed E-state index contributed by atoms with van der Waals surface area (Å²) >= 11 is 0. The quantitative estimate of drug-likeness (QED) is 0.840. The standard InChI is InChI=1S/C22H24N2O4/c1-14-13-18(21(26)24-12-4-3-5-15(24)2)10-11-19(14)23-20(25)16-6-8-17(9-7-16)22(27)28/h6-11,13,15H,3-5,12H2,1-2H3,(H,23,25)(H,27,28). The Labute approximate surface area is 164 Å². The van der Waals surface area contributed by atoms with Gasteiger partial charge in [0, 0.05) is 29.4 Å². The first-order chi connectivity index (χ1) is 13.4. The van der Waals surface area contributed by atoms with Crippen LogP contribution >= 0.6 is 0 Å². The van der Waals surface area contributed by atoms with E-state index in [1.54, 1.807) is 18.2 Å². The van der Waals surface area contributed by atoms with E-state index >= 15 is 0 Å². The molecule has 2 aromatic rings. The van der Waals surface area contributed by atoms with Crippen LogP contribution in [0.3, 0.4) is 0 Å². The Morgan fingerprint density at radius 1 is 1.00 bits per heavy atom. The summed E-state index contributed by atoms with van der Waals surface area (Å²) in [4.78, 5) is 38.0. The molecule has 0 spiro atoms. The third kappa shape index (κ3) is 4.22. The zero-order valence-electron chi connectivity index (χ0n) is 16.1. The van der Waals surface area contributed by atoms with Crippen LogP contribution in [0.2, 0.25) is 0 Å². The first-order valence-electron chi connectivity index (χ1n) is 9.43. The van der Waals surface area contributed by atoms with Crippen LogP contribution < -0.4 is 5.32 Å². The number of aromatic carboxylic acids is 1. The fourth-order valence-corrected chi connectivity index (χ4v) is 3.46. The summed E-state index contributed by atoms with van der Waals surface area (Å²) in [6.07, 6.45) is 3.21. The number of carbonyl (C=O) groups excluding carboxylic acids is 2. The van der Waals surface area contributed by atoms with E-state index in [0.29, 0.717) is 16.8 Å². The van der Waals surface area contributed by atoms with Gasteiger partial charge < -0.3 is 15.3 Å². The Hall–Kier alpha value is -3.15. The Bertz CT molecular complexity index is 905. The third-order valence-electron chi connectivity index (χ3n) is 5.18. The molecular formula is C22H24N2O4. The second-order valence-electron chi connectivity index (χ2n) is 7.21. The Morgan fingerprint density at radius 3 is 2.25 bits per heavy atom. The highest BCUT2D eigenvalue weighted by Gasteiger charge is 2.24. The van der Waals surface area contributed by atoms with Gasteiger partial charge >= 0.3 is 5.97 Å². The van der Waals surface area contributed by atoms with Crippen molar-refractivity contribution in [3.05, 3.63) is 64.7 Å². The topological polar surface area (TPSA) is 86.7 Å². The van der Waals surface area contributed by atoms with Crippen LogP contribution in [-0.4, -0.2) is 40.4 Å². The number of carboxylic acid groups (broad SMARTS) is 1. The molecule has 6 heteroatoms. The highest BCUT2D eigenvalue weighted by molar-refractivity contribution is 6.05. The second kappa shape index (κ2) is 8.25. The van der Waals surface area contributed by atoms with Crippen LogP contribution in [0.5, 0.6) is 0 Å². The number of likely N-dealkylation sites (tertiary alicyclic amines) is 1. The molecule has 0 bridgehead atoms. The lowest BCUT2D eigenvalue weighted by Crippen LogP contribution is -2.42. The first-order valence-corrected chi connectivity index (χ1v) is 9.43. The number of anilines is 1. The highest BCUT2D eigenvalue weighted by atomic mass is 16.4. The maximum atomic E-state index is 12.8. The Balaban J connectivity index is 1.72. The van der Waals surface area contributed by atoms with Gasteiger partial charge in [-0.25, -0.2) is 4.79 Å². The molecule has 2 N–H and O–H groups in total. The van der Waals surface area contributed by atoms with E-state index in [1.165, 1.54) is 24.3 Å². The van der Waals surface area contributed by atoms with Gasteiger partial charge in [0.05, 0.1) is 5.56 Å². The molecule has 6 nitrogen and oxygen atoms in total. The monoisotopic (exact) mass is 380 g/mol. The molecule has 0 saturated carbocycles. The number of hydrogen-bond acceptors (Lipinski definition) is 3. The van der Waals surface area contributed by atoms with E-state index in [-0.39, 0.29) is 23.4 Å². The van der Waals surface area contributed by atoms with Gasteiger partial charge in [0.1, 0.15) is 0 Å². The average molecular weight is 380 g/mol. The van der Waals surface area contributed by atoms with Gasteiger partial charge in [-0.3, -0.25) is 9.59 Å². The summed E-state index contributed by atoms with van der Waals surface area (Å²) < 4.78 is 0. The molecule has 0 aromatic heterocycles. The van der Waals surface area contributed by atoms with E-state index in [1.807, 2.05) is 11.8 Å². The van der Waals surface area contributed by atoms with Crippen molar-refractivity contribution in [3.8, 4) is 0 Å². The minimum atomic E-state index is -1.04. The van der Waals surface area contributed by atoms with Crippen LogP contribution in [0.1, 0.15) is 62.8 Å². The first kappa shape index (κ1) is 19.6. The highest BCUT2D eigenvalue weighted by Crippen LogP contribution is 2.22. The summed E-state index contributed by atoms with van der Waals surface area (Å²) in [5, 5.41) is 11.8. The molecule has 1 fully saturated rings. The van der Waals surface area contributed by atoms with Crippen molar-refractivity contribution in [3.63, 3.8) is 0 Å². The van der Waals surface area contributed by atoms with Gasteiger partial charge in [0.2, 0.25) is 0 Å². The number of carboxylic acids is 1. The van der Waals surface area contributed by atoms with Crippen molar-refractivity contribution in [2.45, 2.75) is 39.2 Å². The van der Waals surface area contributed by atoms with Crippen LogP contribution in [0.4, 0.5) is 5.69 Å². The predicted octanol–water partition coefficient (Wildman–Crippen LogP) is 3.96. The zero-order valence-corrected chi connectivity index (χ0v) is 16.1. The van der Waals surface area contributed by atoms with Crippen molar-refractivity contribution < 1.29 is 19.5 Å². The number of carbonyl (C=O) groups is 3. The summed E-state index contributed by atoms with van der Waals surface area (Å²) in [5.41, 5.74) is 2.53. The van der Waals surface area contributed by atoms with Gasteiger partial charge in [0.15, 0.2) is 0 Å². The van der Waals surface area contributed by atoms with Crippen LogP contribution in [0.25, 0.3) is 0 Å². The summed E-state index contributed by atoms with van der Waals surface area (Å²) in [7, 11) is 0. The number of amides is 2. The molecule has 1 unspecified atom stereocenters. The molecule has 2 amide bonds. The number of rotatable bonds is 4. The maximum Gasteiger partial charge on any atom is 0.335 e. The molecule has 0 radical (unpaired) electrons. The lowest BCUT2D eigenvalue weighted by Gasteiger charge is -2.33. The van der Waals surface area contributed by atoms with Crippen molar-refractivity contribution in [2.24, 2.45) is 0 Å². The Kier molecular flexibility index (Phi) is 5.78. The van der Waals surface area contributed by atoms with Crippen molar-refractivity contribution in [2.75, 3.05) is 11.9 Å². The molecule has 1 aliphatic rings. The van der Waals surface area contributed by atoms with E-state index in [4.69, 9.17) is 5.11 Å². The number of aryl methyl sites for hydroxylation is 1. The third-order valence-corrected chi connectivity index (χ3v) is 5.18. The largest absolute Gasteiger partial charge is 0.478 e. The number of benzene rings is 2. The minimum Gasteiger partial charge on any atom is -0.478 e. The van der Waals surface area contributed by atoms with Crippen LogP contribution in [-0.2, 0) is 0 Å². The van der Waals surface area contributed by atoms with Crippen LogP contribution in [0.15, 0.2) is 42.5 Å². The maximum absolute atomic E-state index is 12.8. The van der Waals surface area contributed by atoms with Crippen molar-refractivity contribution in [1.29, 1.82) is 0 Å². The predicted molar refractivity (Wildman–Crippen MR) is 107 cm³/mol. The lowest BCUT2D eigenvalue weighted by atomic mass is 10.0. The second-order valence-corrected chi connectivity index (χ2v) is 7.21. The Morgan fingerprint density at radius 2 is 1.64 bits per heavy atom. The number of piperidine rings is 1. The molecule has 1 aliphatic heterocycles. The molecule has 0 aliphatic carbocycles. The van der Waals surface area contributed by atoms with E-state index in [2.05, 4.69) is 12.2 Å². The summed E-state index contributed by atoms with van der Waals surface area (Å²) in [6.45, 7) is 4.71. The molecule has 146 valence electrons. The fraction of sp³-hybridized carbons (Fsp3) is 0.318. The SMILES string of the molecule is Cc1cc(C(=O)N2CCCCC2C)ccc1NC(=O)c1ccc(C(=O)O)cc1. The van der Waals surface area contributed by atoms with Crippen LogP contribution in [0, 0.1) is 6.92 Å². The molecular weight excluding hydrogens is 356 g/mol. The van der Waals surface area contributed by atoms with Gasteiger partial charge in [-0.1, -0.05) is 0 Å². The van der Waals surface area contributed by atoms with Crippen molar-refractivity contribution in [1.82, 2.24) is 4.90 Å². The van der Waals surface area contributed by atoms with E-state index in [0.717, 1.165) is 31.4 Å². The van der Waals surface area contributed by atoms with Gasteiger partial charge in [0.25, 0.3) is 11.8 Å². The van der Waals surface area contributed by atoms with Gasteiger partial charge in [-0.05, 0) is 81.1 Å². The van der Waals surface area contributed by atoms with Crippen molar-refractivity contribution >= 4 is 23.5 Å². The molecule has 28 heavy (non-hydrogen) atoms. The lowest BCUT2D eigenvalue weighted by molar-refractivity contribution is 0.0634. The molecule has 3 rings (SSSR count). The van der Waals surface area contributed by atoms with E-state index < -0.39 is 5.97 Å². The fourth-order valence-electron chi connectivity index (χ4n) is 3.46. The minimum absolute atomic E-state index is 0.0254. The molecule has 1 saturated heterocycles. The summed E-state index contributed by atoms with van der Waals surface area (Å²) in [6, 6.07) is 11.3. The zero-order chi connectivity index (χ0) is 20.3. The molecule has 1 atom stereocenters. The normalized spacial score (nSPS) is 16.5.